The first kappa shape index (κ1) is 15.3. The van der Waals surface area contributed by atoms with Gasteiger partial charge in [0.2, 0.25) is 0 Å². The van der Waals surface area contributed by atoms with Crippen LogP contribution in [0.25, 0.3) is 0 Å². The Hall–Kier alpha value is -0.770. The molecule has 0 saturated carbocycles. The van der Waals surface area contributed by atoms with Gasteiger partial charge in [0.1, 0.15) is 5.60 Å². The number of alkyl carbamates (subject to hydrolysis) is 1. The molecule has 0 aromatic rings. The van der Waals surface area contributed by atoms with E-state index in [1.165, 1.54) is 25.8 Å². The van der Waals surface area contributed by atoms with Gasteiger partial charge in [0, 0.05) is 12.1 Å². The molecule has 0 aliphatic carbocycles. The summed E-state index contributed by atoms with van der Waals surface area (Å²) in [5, 5.41) is 2.92. The molecule has 1 N–H and O–H groups in total. The molecule has 106 valence electrons. The molecule has 0 aromatic carbocycles. The first-order valence-corrected chi connectivity index (χ1v) is 6.97. The number of piperidine rings is 1. The molecule has 1 fully saturated rings. The van der Waals surface area contributed by atoms with E-state index in [2.05, 4.69) is 17.3 Å². The minimum Gasteiger partial charge on any atom is -0.444 e. The van der Waals surface area contributed by atoms with Gasteiger partial charge in [-0.2, -0.15) is 0 Å². The molecule has 1 heterocycles. The topological polar surface area (TPSA) is 41.6 Å². The van der Waals surface area contributed by atoms with Crippen molar-refractivity contribution >= 4 is 6.09 Å². The summed E-state index contributed by atoms with van der Waals surface area (Å²) in [7, 11) is 2.17. The maximum Gasteiger partial charge on any atom is 0.407 e. The SMILES string of the molecule is CC(CC1CCCCN1C)NC(=O)OC(C)(C)C. The smallest absolute Gasteiger partial charge is 0.407 e. The number of rotatable bonds is 3. The summed E-state index contributed by atoms with van der Waals surface area (Å²) in [6.45, 7) is 8.86. The Kier molecular flexibility index (Phi) is 5.45. The predicted molar refractivity (Wildman–Crippen MR) is 73.7 cm³/mol. The van der Waals surface area contributed by atoms with Crippen LogP contribution in [0.5, 0.6) is 0 Å². The lowest BCUT2D eigenvalue weighted by Crippen LogP contribution is -2.43. The van der Waals surface area contributed by atoms with Crippen molar-refractivity contribution in [1.29, 1.82) is 0 Å². The number of hydrogen-bond donors (Lipinski definition) is 1. The zero-order valence-electron chi connectivity index (χ0n) is 12.5. The Morgan fingerprint density at radius 2 is 2.11 bits per heavy atom. The fourth-order valence-electron chi connectivity index (χ4n) is 2.42. The third-order valence-electron chi connectivity index (χ3n) is 3.31. The number of likely N-dealkylation sites (tertiary alicyclic amines) is 1. The average Bonchev–Trinajstić information content (AvgIpc) is 2.18. The van der Waals surface area contributed by atoms with Crippen molar-refractivity contribution < 1.29 is 9.53 Å². The van der Waals surface area contributed by atoms with E-state index in [-0.39, 0.29) is 12.1 Å². The van der Waals surface area contributed by atoms with Crippen molar-refractivity contribution in [1.82, 2.24) is 10.2 Å². The van der Waals surface area contributed by atoms with Gasteiger partial charge in [0.05, 0.1) is 0 Å². The average molecular weight is 256 g/mol. The Labute approximate surface area is 111 Å². The molecule has 2 unspecified atom stereocenters. The van der Waals surface area contributed by atoms with Crippen molar-refractivity contribution in [2.75, 3.05) is 13.6 Å². The highest BCUT2D eigenvalue weighted by Gasteiger charge is 2.23. The summed E-state index contributed by atoms with van der Waals surface area (Å²) >= 11 is 0. The van der Waals surface area contributed by atoms with Crippen molar-refractivity contribution in [3.63, 3.8) is 0 Å². The summed E-state index contributed by atoms with van der Waals surface area (Å²) in [4.78, 5) is 14.0. The Balaban J connectivity index is 2.32. The van der Waals surface area contributed by atoms with Crippen molar-refractivity contribution in [3.05, 3.63) is 0 Å². The van der Waals surface area contributed by atoms with Gasteiger partial charge >= 0.3 is 6.09 Å². The number of nitrogens with one attached hydrogen (secondary N) is 1. The molecule has 0 spiro atoms. The van der Waals surface area contributed by atoms with Gasteiger partial charge in [-0.3, -0.25) is 0 Å². The highest BCUT2D eigenvalue weighted by Crippen LogP contribution is 2.19. The molecule has 1 saturated heterocycles. The van der Waals surface area contributed by atoms with Gasteiger partial charge in [0.15, 0.2) is 0 Å². The largest absolute Gasteiger partial charge is 0.444 e. The van der Waals surface area contributed by atoms with E-state index in [1.807, 2.05) is 27.7 Å². The summed E-state index contributed by atoms with van der Waals surface area (Å²) in [6.07, 6.45) is 4.51. The molecular formula is C14H28N2O2. The number of carbonyl (C=O) groups excluding carboxylic acids is 1. The predicted octanol–water partition coefficient (Wildman–Crippen LogP) is 2.77. The summed E-state index contributed by atoms with van der Waals surface area (Å²) in [5.74, 6) is 0. The minimum absolute atomic E-state index is 0.158. The highest BCUT2D eigenvalue weighted by atomic mass is 16.6. The quantitative estimate of drug-likeness (QED) is 0.844. The Morgan fingerprint density at radius 1 is 1.44 bits per heavy atom. The lowest BCUT2D eigenvalue weighted by molar-refractivity contribution is 0.0494. The van der Waals surface area contributed by atoms with Crippen molar-refractivity contribution in [2.45, 2.75) is 71.1 Å². The van der Waals surface area contributed by atoms with Crippen LogP contribution in [-0.2, 0) is 4.74 Å². The van der Waals surface area contributed by atoms with Crippen LogP contribution in [0.1, 0.15) is 53.4 Å². The number of nitrogens with zero attached hydrogens (tertiary/aromatic N) is 1. The third-order valence-corrected chi connectivity index (χ3v) is 3.31. The second-order valence-electron chi connectivity index (χ2n) is 6.41. The normalized spacial score (nSPS) is 23.5. The van der Waals surface area contributed by atoms with E-state index in [0.717, 1.165) is 6.42 Å². The van der Waals surface area contributed by atoms with Crippen LogP contribution in [0.15, 0.2) is 0 Å². The molecule has 0 aromatic heterocycles. The molecule has 0 bridgehead atoms. The Morgan fingerprint density at radius 3 is 2.67 bits per heavy atom. The van der Waals surface area contributed by atoms with Crippen LogP contribution in [-0.4, -0.2) is 42.3 Å². The molecule has 18 heavy (non-hydrogen) atoms. The second kappa shape index (κ2) is 6.41. The van der Waals surface area contributed by atoms with E-state index in [9.17, 15) is 4.79 Å². The maximum atomic E-state index is 11.6. The van der Waals surface area contributed by atoms with E-state index < -0.39 is 5.60 Å². The zero-order chi connectivity index (χ0) is 13.8. The molecule has 1 aliphatic rings. The van der Waals surface area contributed by atoms with Gasteiger partial charge in [-0.1, -0.05) is 6.42 Å². The fourth-order valence-corrected chi connectivity index (χ4v) is 2.42. The zero-order valence-corrected chi connectivity index (χ0v) is 12.5. The van der Waals surface area contributed by atoms with Crippen molar-refractivity contribution in [2.24, 2.45) is 0 Å². The number of ether oxygens (including phenoxy) is 1. The third kappa shape index (κ3) is 5.71. The summed E-state index contributed by atoms with van der Waals surface area (Å²) < 4.78 is 5.26. The molecule has 1 aliphatic heterocycles. The standard InChI is InChI=1S/C14H28N2O2/c1-11(15-13(17)18-14(2,3)4)10-12-8-6-7-9-16(12)5/h11-12H,6-10H2,1-5H3,(H,15,17). The van der Waals surface area contributed by atoms with E-state index in [0.29, 0.717) is 6.04 Å². The lowest BCUT2D eigenvalue weighted by atomic mass is 9.97. The first-order chi connectivity index (χ1) is 8.28. The molecule has 4 heteroatoms. The van der Waals surface area contributed by atoms with Crippen LogP contribution >= 0.6 is 0 Å². The maximum absolute atomic E-state index is 11.6. The van der Waals surface area contributed by atoms with Crippen LogP contribution in [0.2, 0.25) is 0 Å². The fraction of sp³-hybridized carbons (Fsp3) is 0.929. The Bertz CT molecular complexity index is 273. The first-order valence-electron chi connectivity index (χ1n) is 6.97. The molecule has 1 rings (SSSR count). The number of carbonyl (C=O) groups is 1. The van der Waals surface area contributed by atoms with Crippen LogP contribution < -0.4 is 5.32 Å². The van der Waals surface area contributed by atoms with E-state index >= 15 is 0 Å². The second-order valence-corrected chi connectivity index (χ2v) is 6.41. The molecule has 4 nitrogen and oxygen atoms in total. The van der Waals surface area contributed by atoms with Gasteiger partial charge in [-0.15, -0.1) is 0 Å². The molecule has 1 amide bonds. The van der Waals surface area contributed by atoms with Gasteiger partial charge in [0.25, 0.3) is 0 Å². The van der Waals surface area contributed by atoms with Gasteiger partial charge in [-0.25, -0.2) is 4.79 Å². The summed E-state index contributed by atoms with van der Waals surface area (Å²) in [6, 6.07) is 0.745. The minimum atomic E-state index is -0.425. The molecular weight excluding hydrogens is 228 g/mol. The monoisotopic (exact) mass is 256 g/mol. The van der Waals surface area contributed by atoms with Gasteiger partial charge < -0.3 is 15.0 Å². The summed E-state index contributed by atoms with van der Waals surface area (Å²) in [5.41, 5.74) is -0.425. The number of amides is 1. The highest BCUT2D eigenvalue weighted by molar-refractivity contribution is 5.68. The van der Waals surface area contributed by atoms with Crippen LogP contribution in [0.4, 0.5) is 4.79 Å². The van der Waals surface area contributed by atoms with Crippen LogP contribution in [0.3, 0.4) is 0 Å². The van der Waals surface area contributed by atoms with E-state index in [1.54, 1.807) is 0 Å². The van der Waals surface area contributed by atoms with Gasteiger partial charge in [-0.05, 0) is 60.5 Å². The van der Waals surface area contributed by atoms with Crippen molar-refractivity contribution in [3.8, 4) is 0 Å². The molecule has 0 radical (unpaired) electrons. The lowest BCUT2D eigenvalue weighted by Gasteiger charge is -2.34. The van der Waals surface area contributed by atoms with E-state index in [4.69, 9.17) is 4.74 Å². The number of hydrogen-bond acceptors (Lipinski definition) is 3. The molecule has 2 atom stereocenters. The van der Waals surface area contributed by atoms with Crippen LogP contribution in [0, 0.1) is 0 Å².